The molecule has 304 valence electrons. The summed E-state index contributed by atoms with van der Waals surface area (Å²) in [7, 11) is -0.286. The minimum Gasteiger partial charge on any atom is -0.497 e. The van der Waals surface area contributed by atoms with Crippen molar-refractivity contribution in [3.05, 3.63) is 101 Å². The highest BCUT2D eigenvalue weighted by Gasteiger charge is 2.32. The molecule has 2 fully saturated rings. The van der Waals surface area contributed by atoms with Crippen molar-refractivity contribution in [3.8, 4) is 22.8 Å². The second-order valence-corrected chi connectivity index (χ2v) is 16.7. The van der Waals surface area contributed by atoms with Crippen LogP contribution in [-0.2, 0) is 34.3 Å². The second kappa shape index (κ2) is 17.2. The van der Waals surface area contributed by atoms with E-state index in [0.717, 1.165) is 76.1 Å². The quantitative estimate of drug-likeness (QED) is 0.152. The van der Waals surface area contributed by atoms with E-state index in [1.807, 2.05) is 49.6 Å². The molecule has 3 aliphatic heterocycles. The third-order valence-corrected chi connectivity index (χ3v) is 13.1. The average Bonchev–Trinajstić information content (AvgIpc) is 3.70. The van der Waals surface area contributed by atoms with E-state index >= 15 is 0 Å². The Kier molecular flexibility index (Phi) is 11.7. The van der Waals surface area contributed by atoms with Crippen LogP contribution in [0.1, 0.15) is 29.2 Å². The number of piperazine rings is 1. The fraction of sp³-hybridized carbons (Fsp3) is 0.395. The van der Waals surface area contributed by atoms with E-state index in [2.05, 4.69) is 50.8 Å². The van der Waals surface area contributed by atoms with Gasteiger partial charge in [-0.25, -0.2) is 23.4 Å². The van der Waals surface area contributed by atoms with E-state index in [1.165, 1.54) is 0 Å². The highest BCUT2D eigenvalue weighted by Crippen LogP contribution is 2.41. The summed E-state index contributed by atoms with van der Waals surface area (Å²) in [6.07, 6.45) is 4.42. The minimum atomic E-state index is -3.62. The molecular weight excluding hydrogens is 755 g/mol. The van der Waals surface area contributed by atoms with Crippen molar-refractivity contribution >= 4 is 33.4 Å². The molecule has 15 heteroatoms. The molecule has 5 heterocycles. The molecule has 0 bridgehead atoms. The molecule has 2 aromatic heterocycles. The van der Waals surface area contributed by atoms with Crippen molar-refractivity contribution in [2.75, 3.05) is 94.5 Å². The summed E-state index contributed by atoms with van der Waals surface area (Å²) in [4.78, 5) is 29.3. The zero-order valence-corrected chi connectivity index (χ0v) is 34.5. The maximum Gasteiger partial charge on any atom is 0.243 e. The molecule has 5 aromatic rings. The Balaban J connectivity index is 1.11. The summed E-state index contributed by atoms with van der Waals surface area (Å²) in [5, 5.41) is 0. The van der Waals surface area contributed by atoms with E-state index in [0.29, 0.717) is 82.2 Å². The van der Waals surface area contributed by atoms with E-state index in [1.54, 1.807) is 30.7 Å². The number of anilines is 4. The summed E-state index contributed by atoms with van der Waals surface area (Å²) in [5.74, 6) is 3.63. The molecule has 3 aromatic carbocycles. The van der Waals surface area contributed by atoms with Crippen molar-refractivity contribution in [2.45, 2.75) is 38.3 Å². The van der Waals surface area contributed by atoms with Gasteiger partial charge in [0.15, 0.2) is 0 Å². The molecule has 2 saturated heterocycles. The molecule has 3 aliphatic rings. The van der Waals surface area contributed by atoms with Crippen LogP contribution in [-0.4, -0.2) is 117 Å². The van der Waals surface area contributed by atoms with E-state index in [9.17, 15) is 8.42 Å². The van der Waals surface area contributed by atoms with Gasteiger partial charge in [0.1, 0.15) is 17.3 Å². The van der Waals surface area contributed by atoms with E-state index in [-0.39, 0.29) is 0 Å². The normalized spacial score (nSPS) is 16.3. The van der Waals surface area contributed by atoms with Crippen molar-refractivity contribution in [1.82, 2.24) is 29.1 Å². The van der Waals surface area contributed by atoms with Gasteiger partial charge in [-0.15, -0.1) is 0 Å². The third-order valence-electron chi connectivity index (χ3n) is 11.2. The van der Waals surface area contributed by atoms with Gasteiger partial charge in [0.05, 0.1) is 38.0 Å². The van der Waals surface area contributed by atoms with Crippen LogP contribution >= 0.6 is 0 Å². The zero-order chi connectivity index (χ0) is 40.2. The standard InChI is InChI=1S/C43H51N9O5S/c1-5-48-18-20-51(21-19-48)58(53,54)37-14-15-39(31(2)26-37)52-17-16-38-40(46-43(47-41(38)52)49-22-24-57-25-23-49)34-27-44-42(45-28-34)50(29-32-6-10-35(55-3)11-7-32)30-33-8-12-36(56-4)13-9-33/h6-15,26-28H,5,16-25,29-30H2,1-4H3. The summed E-state index contributed by atoms with van der Waals surface area (Å²) >= 11 is 0. The fourth-order valence-corrected chi connectivity index (χ4v) is 9.36. The number of ether oxygens (including phenoxy) is 3. The van der Waals surface area contributed by atoms with Gasteiger partial charge in [-0.05, 0) is 79.0 Å². The van der Waals surface area contributed by atoms with Gasteiger partial charge in [-0.1, -0.05) is 31.2 Å². The Morgan fingerprint density at radius 1 is 0.776 bits per heavy atom. The second-order valence-electron chi connectivity index (χ2n) is 14.8. The number of nitrogens with zero attached hydrogens (tertiary/aromatic N) is 9. The number of likely N-dealkylation sites (N-methyl/N-ethyl adjacent to an activating group) is 1. The molecule has 58 heavy (non-hydrogen) atoms. The maximum atomic E-state index is 13.7. The largest absolute Gasteiger partial charge is 0.497 e. The molecule has 14 nitrogen and oxygen atoms in total. The molecule has 0 unspecified atom stereocenters. The van der Waals surface area contributed by atoms with E-state index in [4.69, 9.17) is 34.1 Å². The molecular formula is C43H51N9O5S. The number of methoxy groups -OCH3 is 2. The highest BCUT2D eigenvalue weighted by atomic mass is 32.2. The number of hydrogen-bond acceptors (Lipinski definition) is 13. The first-order chi connectivity index (χ1) is 28.2. The lowest BCUT2D eigenvalue weighted by atomic mass is 10.1. The first-order valence-corrected chi connectivity index (χ1v) is 21.4. The lowest BCUT2D eigenvalue weighted by Crippen LogP contribution is -2.48. The topological polar surface area (TPSA) is 130 Å². The number of sulfonamides is 1. The molecule has 0 radical (unpaired) electrons. The van der Waals surface area contributed by atoms with Crippen LogP contribution in [0.2, 0.25) is 0 Å². The Labute approximate surface area is 341 Å². The van der Waals surface area contributed by atoms with Crippen LogP contribution < -0.4 is 24.2 Å². The number of hydrogen-bond donors (Lipinski definition) is 0. The van der Waals surface area contributed by atoms with Crippen molar-refractivity contribution < 1.29 is 22.6 Å². The molecule has 0 atom stereocenters. The molecule has 0 aliphatic carbocycles. The summed E-state index contributed by atoms with van der Waals surface area (Å²) in [5.41, 5.74) is 6.59. The smallest absolute Gasteiger partial charge is 0.243 e. The Morgan fingerprint density at radius 2 is 1.40 bits per heavy atom. The minimum absolute atomic E-state index is 0.320. The molecule has 0 saturated carbocycles. The predicted molar refractivity (Wildman–Crippen MR) is 225 cm³/mol. The fourth-order valence-electron chi connectivity index (χ4n) is 7.85. The summed E-state index contributed by atoms with van der Waals surface area (Å²) in [6.45, 7) is 11.9. The van der Waals surface area contributed by atoms with Crippen LogP contribution in [0.3, 0.4) is 0 Å². The number of benzene rings is 3. The number of fused-ring (bicyclic) bond motifs is 1. The van der Waals surface area contributed by atoms with Gasteiger partial charge < -0.3 is 33.8 Å². The Bertz CT molecular complexity index is 2250. The van der Waals surface area contributed by atoms with Gasteiger partial charge in [0, 0.05) is 88.1 Å². The van der Waals surface area contributed by atoms with Crippen LogP contribution in [0.4, 0.5) is 23.4 Å². The lowest BCUT2D eigenvalue weighted by Gasteiger charge is -2.33. The number of aromatic nitrogens is 4. The summed E-state index contributed by atoms with van der Waals surface area (Å²) in [6, 6.07) is 21.5. The Hall–Kier alpha value is -5.35. The first-order valence-electron chi connectivity index (χ1n) is 19.9. The molecule has 0 amide bonds. The van der Waals surface area contributed by atoms with E-state index < -0.39 is 10.0 Å². The first kappa shape index (κ1) is 39.5. The van der Waals surface area contributed by atoms with Crippen LogP contribution in [0.15, 0.2) is 84.0 Å². The van der Waals surface area contributed by atoms with Crippen LogP contribution in [0.5, 0.6) is 11.5 Å². The Morgan fingerprint density at radius 3 is 1.97 bits per heavy atom. The van der Waals surface area contributed by atoms with Crippen molar-refractivity contribution in [2.24, 2.45) is 0 Å². The van der Waals surface area contributed by atoms with Crippen molar-refractivity contribution in [3.63, 3.8) is 0 Å². The number of aryl methyl sites for hydroxylation is 1. The van der Waals surface area contributed by atoms with Gasteiger partial charge in [0.2, 0.25) is 21.9 Å². The summed E-state index contributed by atoms with van der Waals surface area (Å²) < 4.78 is 45.5. The SMILES string of the molecule is CCN1CCN(S(=O)(=O)c2ccc(N3CCc4c(-c5cnc(N(Cc6ccc(OC)cc6)Cc6ccc(OC)cc6)nc5)nc(N5CCOCC5)nc43)c(C)c2)CC1. The van der Waals surface area contributed by atoms with Crippen molar-refractivity contribution in [1.29, 1.82) is 0 Å². The zero-order valence-electron chi connectivity index (χ0n) is 33.7. The monoisotopic (exact) mass is 805 g/mol. The molecule has 0 N–H and O–H groups in total. The number of rotatable bonds is 13. The van der Waals surface area contributed by atoms with Gasteiger partial charge in [-0.2, -0.15) is 9.29 Å². The van der Waals surface area contributed by atoms with Crippen LogP contribution in [0.25, 0.3) is 11.3 Å². The van der Waals surface area contributed by atoms with Gasteiger partial charge in [-0.3, -0.25) is 0 Å². The predicted octanol–water partition coefficient (Wildman–Crippen LogP) is 5.32. The van der Waals surface area contributed by atoms with Crippen LogP contribution in [0, 0.1) is 6.92 Å². The molecule has 0 spiro atoms. The average molecular weight is 806 g/mol. The molecule has 8 rings (SSSR count). The highest BCUT2D eigenvalue weighted by molar-refractivity contribution is 7.89. The number of morpholine rings is 1. The third kappa shape index (κ3) is 8.30. The van der Waals surface area contributed by atoms with Gasteiger partial charge >= 0.3 is 0 Å². The maximum absolute atomic E-state index is 13.7. The lowest BCUT2D eigenvalue weighted by molar-refractivity contribution is 0.122. The van der Waals surface area contributed by atoms with Gasteiger partial charge in [0.25, 0.3) is 0 Å².